The normalized spacial score (nSPS) is 12.1. The Bertz CT molecular complexity index is 934. The third kappa shape index (κ3) is 3.66. The third-order valence-corrected chi connectivity index (χ3v) is 4.77. The fourth-order valence-corrected chi connectivity index (χ4v) is 3.40. The van der Waals surface area contributed by atoms with Crippen LogP contribution in [-0.4, -0.2) is 26.7 Å². The van der Waals surface area contributed by atoms with E-state index >= 15 is 0 Å². The number of nitrogens with two attached hydrogens (primary N) is 1. The molecule has 2 aromatic carbocycles. The summed E-state index contributed by atoms with van der Waals surface area (Å²) in [7, 11) is 0. The van der Waals surface area contributed by atoms with Crippen LogP contribution in [0.15, 0.2) is 53.7 Å². The SMILES string of the molecule is Cc1ccc(-n2c(SC(C)C(=O)NC(N)=O)nc3ccccc32)cc1. The molecule has 1 unspecified atom stereocenters. The summed E-state index contributed by atoms with van der Waals surface area (Å²) in [5.74, 6) is -0.444. The number of rotatable bonds is 4. The van der Waals surface area contributed by atoms with E-state index in [-0.39, 0.29) is 0 Å². The van der Waals surface area contributed by atoms with Crippen LogP contribution >= 0.6 is 11.8 Å². The molecule has 3 rings (SSSR count). The number of hydrogen-bond donors (Lipinski definition) is 2. The summed E-state index contributed by atoms with van der Waals surface area (Å²) in [6, 6.07) is 15.0. The van der Waals surface area contributed by atoms with Crippen LogP contribution in [0, 0.1) is 6.92 Å². The number of carbonyl (C=O) groups excluding carboxylic acids is 2. The first-order valence-corrected chi connectivity index (χ1v) is 8.65. The van der Waals surface area contributed by atoms with Gasteiger partial charge < -0.3 is 5.73 Å². The maximum Gasteiger partial charge on any atom is 0.318 e. The number of hydrogen-bond acceptors (Lipinski definition) is 4. The number of aromatic nitrogens is 2. The Hall–Kier alpha value is -2.80. The first-order chi connectivity index (χ1) is 12.0. The number of primary amides is 1. The van der Waals surface area contributed by atoms with Crippen molar-refractivity contribution in [1.82, 2.24) is 14.9 Å². The molecule has 1 aromatic heterocycles. The second-order valence-corrected chi connectivity index (χ2v) is 6.98. The summed E-state index contributed by atoms with van der Waals surface area (Å²) in [5.41, 5.74) is 8.94. The molecule has 3 aromatic rings. The van der Waals surface area contributed by atoms with Crippen molar-refractivity contribution in [1.29, 1.82) is 0 Å². The zero-order valence-corrected chi connectivity index (χ0v) is 14.7. The first kappa shape index (κ1) is 17.0. The Morgan fingerprint density at radius 1 is 1.16 bits per heavy atom. The molecule has 25 heavy (non-hydrogen) atoms. The topological polar surface area (TPSA) is 90.0 Å². The highest BCUT2D eigenvalue weighted by atomic mass is 32.2. The maximum absolute atomic E-state index is 12.0. The van der Waals surface area contributed by atoms with Crippen molar-refractivity contribution in [3.63, 3.8) is 0 Å². The van der Waals surface area contributed by atoms with Gasteiger partial charge in [0, 0.05) is 5.69 Å². The average Bonchev–Trinajstić information content (AvgIpc) is 2.93. The van der Waals surface area contributed by atoms with E-state index in [4.69, 9.17) is 5.73 Å². The Kier molecular flexibility index (Phi) is 4.76. The minimum atomic E-state index is -0.857. The highest BCUT2D eigenvalue weighted by molar-refractivity contribution is 8.00. The number of nitrogens with zero attached hydrogens (tertiary/aromatic N) is 2. The molecule has 0 radical (unpaired) electrons. The predicted molar refractivity (Wildman–Crippen MR) is 98.9 cm³/mol. The maximum atomic E-state index is 12.0. The van der Waals surface area contributed by atoms with Crippen LogP contribution in [0.1, 0.15) is 12.5 Å². The van der Waals surface area contributed by atoms with E-state index in [9.17, 15) is 9.59 Å². The lowest BCUT2D eigenvalue weighted by molar-refractivity contribution is -0.119. The molecule has 6 nitrogen and oxygen atoms in total. The summed E-state index contributed by atoms with van der Waals surface area (Å²) in [6.45, 7) is 3.74. The summed E-state index contributed by atoms with van der Waals surface area (Å²) >= 11 is 1.28. The van der Waals surface area contributed by atoms with Crippen molar-refractivity contribution in [3.8, 4) is 5.69 Å². The molecule has 7 heteroatoms. The number of carbonyl (C=O) groups is 2. The van der Waals surface area contributed by atoms with E-state index < -0.39 is 17.2 Å². The molecule has 0 bridgehead atoms. The van der Waals surface area contributed by atoms with Gasteiger partial charge in [-0.15, -0.1) is 0 Å². The minimum Gasteiger partial charge on any atom is -0.351 e. The zero-order chi connectivity index (χ0) is 18.0. The van der Waals surface area contributed by atoms with E-state index in [0.29, 0.717) is 5.16 Å². The summed E-state index contributed by atoms with van der Waals surface area (Å²) in [5, 5.41) is 2.26. The van der Waals surface area contributed by atoms with Gasteiger partial charge in [-0.1, -0.05) is 41.6 Å². The smallest absolute Gasteiger partial charge is 0.318 e. The fourth-order valence-electron chi connectivity index (χ4n) is 2.46. The molecule has 0 saturated heterocycles. The van der Waals surface area contributed by atoms with E-state index in [1.807, 2.05) is 60.0 Å². The molecule has 1 atom stereocenters. The number of amides is 3. The zero-order valence-electron chi connectivity index (χ0n) is 13.9. The molecule has 0 spiro atoms. The fraction of sp³-hybridized carbons (Fsp3) is 0.167. The Morgan fingerprint density at radius 2 is 1.84 bits per heavy atom. The van der Waals surface area contributed by atoms with Crippen LogP contribution in [0.2, 0.25) is 0 Å². The summed E-state index contributed by atoms with van der Waals surface area (Å²) in [6.07, 6.45) is 0. The quantitative estimate of drug-likeness (QED) is 0.705. The molecular weight excluding hydrogens is 336 g/mol. The van der Waals surface area contributed by atoms with E-state index in [2.05, 4.69) is 10.3 Å². The van der Waals surface area contributed by atoms with Gasteiger partial charge in [-0.2, -0.15) is 0 Å². The monoisotopic (exact) mass is 354 g/mol. The lowest BCUT2D eigenvalue weighted by atomic mass is 10.2. The highest BCUT2D eigenvalue weighted by Crippen LogP contribution is 2.30. The van der Waals surface area contributed by atoms with Crippen LogP contribution in [0.25, 0.3) is 16.7 Å². The molecule has 1 heterocycles. The van der Waals surface area contributed by atoms with E-state index in [0.717, 1.165) is 22.3 Å². The van der Waals surface area contributed by atoms with Crippen molar-refractivity contribution < 1.29 is 9.59 Å². The van der Waals surface area contributed by atoms with Gasteiger partial charge in [-0.05, 0) is 38.1 Å². The van der Waals surface area contributed by atoms with Crippen LogP contribution in [0.3, 0.4) is 0 Å². The van der Waals surface area contributed by atoms with Crippen molar-refractivity contribution in [3.05, 3.63) is 54.1 Å². The van der Waals surface area contributed by atoms with Gasteiger partial charge in [0.15, 0.2) is 5.16 Å². The number of urea groups is 1. The van der Waals surface area contributed by atoms with Crippen LogP contribution < -0.4 is 11.1 Å². The third-order valence-electron chi connectivity index (χ3n) is 3.72. The molecule has 0 aliphatic carbocycles. The van der Waals surface area contributed by atoms with E-state index in [1.165, 1.54) is 11.8 Å². The molecule has 0 aliphatic heterocycles. The molecule has 0 saturated carbocycles. The lowest BCUT2D eigenvalue weighted by Crippen LogP contribution is -2.39. The largest absolute Gasteiger partial charge is 0.351 e. The number of para-hydroxylation sites is 2. The van der Waals surface area contributed by atoms with Gasteiger partial charge in [0.25, 0.3) is 0 Å². The van der Waals surface area contributed by atoms with Crippen molar-refractivity contribution in [2.45, 2.75) is 24.3 Å². The number of imide groups is 1. The Morgan fingerprint density at radius 3 is 2.52 bits per heavy atom. The van der Waals surface area contributed by atoms with Crippen molar-refractivity contribution >= 4 is 34.7 Å². The molecule has 0 fully saturated rings. The van der Waals surface area contributed by atoms with Crippen LogP contribution in [-0.2, 0) is 4.79 Å². The highest BCUT2D eigenvalue weighted by Gasteiger charge is 2.21. The van der Waals surface area contributed by atoms with Crippen molar-refractivity contribution in [2.24, 2.45) is 5.73 Å². The second-order valence-electron chi connectivity index (χ2n) is 5.67. The number of fused-ring (bicyclic) bond motifs is 1. The number of benzene rings is 2. The second kappa shape index (κ2) is 6.98. The standard InChI is InChI=1S/C18H18N4O2S/c1-11-7-9-13(10-8-11)22-15-6-4-3-5-14(15)20-18(22)25-12(2)16(23)21-17(19)24/h3-10,12H,1-2H3,(H3,19,21,23,24). The number of nitrogens with one attached hydrogen (secondary N) is 1. The van der Waals surface area contributed by atoms with Crippen LogP contribution in [0.4, 0.5) is 4.79 Å². The molecule has 3 N–H and O–H groups in total. The Labute approximate surface area is 149 Å². The number of aryl methyl sites for hydroxylation is 1. The lowest BCUT2D eigenvalue weighted by Gasteiger charge is -2.12. The molecule has 0 aliphatic rings. The molecular formula is C18H18N4O2S. The molecule has 128 valence electrons. The minimum absolute atomic E-state index is 0.444. The van der Waals surface area contributed by atoms with Crippen LogP contribution in [0.5, 0.6) is 0 Å². The van der Waals surface area contributed by atoms with Gasteiger partial charge >= 0.3 is 6.03 Å². The van der Waals surface area contributed by atoms with Gasteiger partial charge in [-0.25, -0.2) is 9.78 Å². The Balaban J connectivity index is 2.02. The average molecular weight is 354 g/mol. The summed E-state index contributed by atoms with van der Waals surface area (Å²) in [4.78, 5) is 27.5. The van der Waals surface area contributed by atoms with Gasteiger partial charge in [0.05, 0.1) is 16.3 Å². The van der Waals surface area contributed by atoms with Gasteiger partial charge in [0.2, 0.25) is 5.91 Å². The van der Waals surface area contributed by atoms with Gasteiger partial charge in [-0.3, -0.25) is 14.7 Å². The van der Waals surface area contributed by atoms with Gasteiger partial charge in [0.1, 0.15) is 0 Å². The number of imidazole rings is 1. The molecule has 3 amide bonds. The predicted octanol–water partition coefficient (Wildman–Crippen LogP) is 3.01. The first-order valence-electron chi connectivity index (χ1n) is 7.77. The van der Waals surface area contributed by atoms with Crippen molar-refractivity contribution in [2.75, 3.05) is 0 Å². The number of thioether (sulfide) groups is 1. The van der Waals surface area contributed by atoms with E-state index in [1.54, 1.807) is 6.92 Å². The summed E-state index contributed by atoms with van der Waals surface area (Å²) < 4.78 is 2.01.